The summed E-state index contributed by atoms with van der Waals surface area (Å²) in [6, 6.07) is 52.7. The van der Waals surface area contributed by atoms with Gasteiger partial charge in [0, 0.05) is 11.1 Å². The first kappa shape index (κ1) is 23.7. The number of hydrogen-bond donors (Lipinski definition) is 0. The van der Waals surface area contributed by atoms with E-state index in [0.717, 1.165) is 44.9 Å². The lowest BCUT2D eigenvalue weighted by Gasteiger charge is -2.41. The molecule has 0 N–H and O–H groups in total. The van der Waals surface area contributed by atoms with Crippen LogP contribution >= 0.6 is 0 Å². The topological polar surface area (TPSA) is 13.6 Å². The Kier molecular flexibility index (Phi) is 5.77. The van der Waals surface area contributed by atoms with Crippen LogP contribution in [0.4, 0.5) is 5.69 Å². The summed E-state index contributed by atoms with van der Waals surface area (Å²) in [7, 11) is 0. The fraction of sp³-hybridized carbons (Fsp3) is 0.0263. The molecule has 0 amide bonds. The lowest BCUT2D eigenvalue weighted by Crippen LogP contribution is -2.34. The van der Waals surface area contributed by atoms with Crippen LogP contribution in [-0.4, -0.2) is 0 Å². The Morgan fingerprint density at radius 1 is 0.450 bits per heavy atom. The van der Waals surface area contributed by atoms with E-state index in [9.17, 15) is 0 Å². The average Bonchev–Trinajstić information content (AvgIpc) is 3.04. The van der Waals surface area contributed by atoms with Crippen molar-refractivity contribution in [1.29, 1.82) is 0 Å². The van der Waals surface area contributed by atoms with Crippen LogP contribution in [0.5, 0.6) is 11.5 Å². The SMILES string of the molecule is [C-]#[N+]c1cccc(-c2cccc(-c3ccc(C4(c5ccccc5)c5ccccc5Oc5ccccc54)cc3)c2)c1. The molecular weight excluding hydrogens is 486 g/mol. The van der Waals surface area contributed by atoms with Gasteiger partial charge in [-0.05, 0) is 57.6 Å². The van der Waals surface area contributed by atoms with Crippen LogP contribution in [-0.2, 0) is 5.41 Å². The first-order valence-electron chi connectivity index (χ1n) is 13.4. The van der Waals surface area contributed by atoms with Crippen LogP contribution in [0.2, 0.25) is 0 Å². The minimum atomic E-state index is -0.521. The summed E-state index contributed by atoms with van der Waals surface area (Å²) in [6.07, 6.45) is 0. The summed E-state index contributed by atoms with van der Waals surface area (Å²) in [5, 5.41) is 0. The Balaban J connectivity index is 1.39. The number of fused-ring (bicyclic) bond motifs is 2. The van der Waals surface area contributed by atoms with Crippen LogP contribution in [0, 0.1) is 6.57 Å². The second kappa shape index (κ2) is 9.73. The maximum atomic E-state index is 7.37. The molecule has 0 fully saturated rings. The van der Waals surface area contributed by atoms with Crippen molar-refractivity contribution >= 4 is 5.69 Å². The highest BCUT2D eigenvalue weighted by Gasteiger charge is 2.44. The largest absolute Gasteiger partial charge is 0.457 e. The molecule has 0 saturated heterocycles. The van der Waals surface area contributed by atoms with Crippen LogP contribution in [0.1, 0.15) is 22.3 Å². The molecule has 188 valence electrons. The monoisotopic (exact) mass is 511 g/mol. The molecule has 1 aliphatic rings. The lowest BCUT2D eigenvalue weighted by atomic mass is 9.63. The molecule has 0 aromatic heterocycles. The highest BCUT2D eigenvalue weighted by atomic mass is 16.5. The van der Waals surface area contributed by atoms with Crippen molar-refractivity contribution < 1.29 is 4.74 Å². The quantitative estimate of drug-likeness (QED) is 0.214. The first-order chi connectivity index (χ1) is 19.8. The number of nitrogens with zero attached hydrogens (tertiary/aromatic N) is 1. The molecule has 1 heterocycles. The molecule has 0 aliphatic carbocycles. The maximum absolute atomic E-state index is 7.37. The van der Waals surface area contributed by atoms with E-state index in [0.29, 0.717) is 5.69 Å². The van der Waals surface area contributed by atoms with Crippen molar-refractivity contribution in [2.45, 2.75) is 5.41 Å². The van der Waals surface area contributed by atoms with Gasteiger partial charge in [0.05, 0.1) is 12.0 Å². The minimum Gasteiger partial charge on any atom is -0.457 e. The molecule has 6 aromatic carbocycles. The Labute approximate surface area is 234 Å². The summed E-state index contributed by atoms with van der Waals surface area (Å²) in [5.74, 6) is 1.76. The summed E-state index contributed by atoms with van der Waals surface area (Å²) in [4.78, 5) is 3.60. The molecule has 0 bridgehead atoms. The van der Waals surface area contributed by atoms with E-state index in [-0.39, 0.29) is 0 Å². The number of hydrogen-bond acceptors (Lipinski definition) is 1. The third-order valence-corrected chi connectivity index (χ3v) is 7.83. The normalized spacial score (nSPS) is 12.9. The smallest absolute Gasteiger partial charge is 0.187 e. The number of benzene rings is 6. The summed E-state index contributed by atoms with van der Waals surface area (Å²) >= 11 is 0. The predicted octanol–water partition coefficient (Wildman–Crippen LogP) is 10.1. The number of para-hydroxylation sites is 2. The molecular formula is C38H25NO. The highest BCUT2D eigenvalue weighted by molar-refractivity contribution is 5.76. The highest BCUT2D eigenvalue weighted by Crippen LogP contribution is 2.55. The van der Waals surface area contributed by atoms with Gasteiger partial charge in [-0.25, -0.2) is 4.85 Å². The lowest BCUT2D eigenvalue weighted by molar-refractivity contribution is 0.434. The van der Waals surface area contributed by atoms with Crippen molar-refractivity contribution in [3.63, 3.8) is 0 Å². The van der Waals surface area contributed by atoms with E-state index in [4.69, 9.17) is 11.3 Å². The van der Waals surface area contributed by atoms with Gasteiger partial charge in [-0.15, -0.1) is 0 Å². The standard InChI is InChI=1S/C38H25NO/c1-39-33-16-10-13-30(26-33)29-12-9-11-28(25-29)27-21-23-32(24-22-27)38(31-14-3-2-4-15-31)34-17-5-7-19-36(34)40-37-20-8-6-18-35(37)38/h2-26H. The molecule has 2 nitrogen and oxygen atoms in total. The predicted molar refractivity (Wildman–Crippen MR) is 162 cm³/mol. The summed E-state index contributed by atoms with van der Waals surface area (Å²) in [5.41, 5.74) is 9.21. The molecule has 0 radical (unpaired) electrons. The van der Waals surface area contributed by atoms with Crippen molar-refractivity contribution in [2.24, 2.45) is 0 Å². The van der Waals surface area contributed by atoms with E-state index in [1.807, 2.05) is 30.3 Å². The van der Waals surface area contributed by atoms with Crippen LogP contribution in [0.15, 0.2) is 152 Å². The Morgan fingerprint density at radius 3 is 1.62 bits per heavy atom. The molecule has 40 heavy (non-hydrogen) atoms. The Morgan fingerprint density at radius 2 is 0.975 bits per heavy atom. The van der Waals surface area contributed by atoms with E-state index >= 15 is 0 Å². The van der Waals surface area contributed by atoms with Crippen molar-refractivity contribution in [1.82, 2.24) is 0 Å². The van der Waals surface area contributed by atoms with E-state index in [1.165, 1.54) is 11.1 Å². The van der Waals surface area contributed by atoms with Crippen molar-refractivity contribution in [3.8, 4) is 33.8 Å². The fourth-order valence-electron chi connectivity index (χ4n) is 6.02. The van der Waals surface area contributed by atoms with Crippen LogP contribution in [0.3, 0.4) is 0 Å². The Bertz CT molecular complexity index is 1830. The molecule has 1 aliphatic heterocycles. The zero-order valence-corrected chi connectivity index (χ0v) is 21.8. The van der Waals surface area contributed by atoms with Gasteiger partial charge in [-0.2, -0.15) is 0 Å². The molecule has 0 atom stereocenters. The van der Waals surface area contributed by atoms with Crippen LogP contribution in [0.25, 0.3) is 27.1 Å². The van der Waals surface area contributed by atoms with Crippen LogP contribution < -0.4 is 4.74 Å². The summed E-state index contributed by atoms with van der Waals surface area (Å²) < 4.78 is 6.42. The van der Waals surface area contributed by atoms with Gasteiger partial charge in [0.1, 0.15) is 11.5 Å². The van der Waals surface area contributed by atoms with Gasteiger partial charge in [0.15, 0.2) is 5.69 Å². The molecule has 0 spiro atoms. The second-order valence-electron chi connectivity index (χ2n) is 10.0. The van der Waals surface area contributed by atoms with Crippen molar-refractivity contribution in [3.05, 3.63) is 185 Å². The summed E-state index contributed by atoms with van der Waals surface area (Å²) in [6.45, 7) is 7.37. The number of rotatable bonds is 4. The minimum absolute atomic E-state index is 0.521. The molecule has 0 unspecified atom stereocenters. The average molecular weight is 512 g/mol. The van der Waals surface area contributed by atoms with E-state index < -0.39 is 5.41 Å². The zero-order chi connectivity index (χ0) is 26.9. The Hall–Kier alpha value is -5.39. The zero-order valence-electron chi connectivity index (χ0n) is 21.8. The molecule has 6 aromatic rings. The molecule has 7 rings (SSSR count). The van der Waals surface area contributed by atoms with Crippen molar-refractivity contribution in [2.75, 3.05) is 0 Å². The first-order valence-corrected chi connectivity index (χ1v) is 13.4. The van der Waals surface area contributed by atoms with E-state index in [2.05, 4.69) is 126 Å². The third kappa shape index (κ3) is 3.80. The van der Waals surface area contributed by atoms with Gasteiger partial charge in [0.25, 0.3) is 0 Å². The molecule has 2 heteroatoms. The molecule has 0 saturated carbocycles. The van der Waals surface area contributed by atoms with Gasteiger partial charge >= 0.3 is 0 Å². The van der Waals surface area contributed by atoms with E-state index in [1.54, 1.807) is 0 Å². The third-order valence-electron chi connectivity index (χ3n) is 7.83. The van der Waals surface area contributed by atoms with Gasteiger partial charge < -0.3 is 4.74 Å². The van der Waals surface area contributed by atoms with Gasteiger partial charge in [-0.1, -0.05) is 127 Å². The fourth-order valence-corrected chi connectivity index (χ4v) is 6.02. The number of ether oxygens (including phenoxy) is 1. The van der Waals surface area contributed by atoms with Gasteiger partial charge in [-0.3, -0.25) is 0 Å². The maximum Gasteiger partial charge on any atom is 0.187 e. The second-order valence-corrected chi connectivity index (χ2v) is 10.0. The van der Waals surface area contributed by atoms with Gasteiger partial charge in [0.2, 0.25) is 0 Å².